The summed E-state index contributed by atoms with van der Waals surface area (Å²) in [6.45, 7) is 6.74. The molecule has 0 atom stereocenters. The first-order valence-electron chi connectivity index (χ1n) is 6.12. The zero-order valence-electron chi connectivity index (χ0n) is 12.2. The molecule has 0 radical (unpaired) electrons. The maximum Gasteiger partial charge on any atom is 0.319 e. The first kappa shape index (κ1) is 15.7. The van der Waals surface area contributed by atoms with Gasteiger partial charge in [0.15, 0.2) is 0 Å². The minimum absolute atomic E-state index is 0.0340. The molecule has 0 unspecified atom stereocenters. The Morgan fingerprint density at radius 2 is 2.11 bits per heavy atom. The van der Waals surface area contributed by atoms with Gasteiger partial charge in [-0.1, -0.05) is 0 Å². The van der Waals surface area contributed by atoms with E-state index in [9.17, 15) is 4.79 Å². The standard InChI is InChI=1S/C14H22N2O2S/c1-10-8-11(18-4)6-7-12(10)16-13(17)15-9-14(2,3)19-5/h6-8H,9H2,1-5H3,(H2,15,16,17). The Hall–Kier alpha value is -1.36. The summed E-state index contributed by atoms with van der Waals surface area (Å²) in [5.41, 5.74) is 1.76. The van der Waals surface area contributed by atoms with E-state index in [1.165, 1.54) is 0 Å². The number of amides is 2. The van der Waals surface area contributed by atoms with E-state index in [2.05, 4.69) is 24.5 Å². The van der Waals surface area contributed by atoms with E-state index in [4.69, 9.17) is 4.74 Å². The molecule has 0 heterocycles. The number of nitrogens with one attached hydrogen (secondary N) is 2. The van der Waals surface area contributed by atoms with E-state index in [0.29, 0.717) is 6.54 Å². The molecule has 0 fully saturated rings. The van der Waals surface area contributed by atoms with Crippen LogP contribution in [-0.4, -0.2) is 30.7 Å². The van der Waals surface area contributed by atoms with E-state index in [0.717, 1.165) is 17.0 Å². The van der Waals surface area contributed by atoms with Gasteiger partial charge in [0.2, 0.25) is 0 Å². The van der Waals surface area contributed by atoms with Crippen molar-refractivity contribution in [2.45, 2.75) is 25.5 Å². The van der Waals surface area contributed by atoms with Crippen molar-refractivity contribution in [2.24, 2.45) is 0 Å². The second kappa shape index (κ2) is 6.70. The summed E-state index contributed by atoms with van der Waals surface area (Å²) < 4.78 is 5.16. The highest BCUT2D eigenvalue weighted by Crippen LogP contribution is 2.21. The van der Waals surface area contributed by atoms with Crippen LogP contribution in [0.4, 0.5) is 10.5 Å². The summed E-state index contributed by atoms with van der Waals surface area (Å²) in [6, 6.07) is 5.37. The minimum Gasteiger partial charge on any atom is -0.497 e. The predicted octanol–water partition coefficient (Wildman–Crippen LogP) is 3.27. The smallest absolute Gasteiger partial charge is 0.319 e. The second-order valence-corrected chi connectivity index (χ2v) is 6.47. The third-order valence-electron chi connectivity index (χ3n) is 2.91. The lowest BCUT2D eigenvalue weighted by atomic mass is 10.2. The summed E-state index contributed by atoms with van der Waals surface area (Å²) in [4.78, 5) is 11.8. The molecule has 1 aromatic carbocycles. The fourth-order valence-corrected chi connectivity index (χ4v) is 1.65. The molecule has 2 N–H and O–H groups in total. The molecule has 4 nitrogen and oxygen atoms in total. The average molecular weight is 282 g/mol. The normalized spacial score (nSPS) is 11.0. The van der Waals surface area contributed by atoms with Gasteiger partial charge in [-0.05, 0) is 50.8 Å². The second-order valence-electron chi connectivity index (χ2n) is 4.95. The average Bonchev–Trinajstić information content (AvgIpc) is 2.39. The van der Waals surface area contributed by atoms with E-state index >= 15 is 0 Å². The molecule has 0 saturated carbocycles. The van der Waals surface area contributed by atoms with Crippen LogP contribution in [0.15, 0.2) is 18.2 Å². The highest BCUT2D eigenvalue weighted by atomic mass is 32.2. The van der Waals surface area contributed by atoms with Crippen molar-refractivity contribution in [3.8, 4) is 5.75 Å². The van der Waals surface area contributed by atoms with Crippen LogP contribution in [0.25, 0.3) is 0 Å². The Morgan fingerprint density at radius 3 is 2.63 bits per heavy atom. The molecule has 0 aliphatic heterocycles. The fourth-order valence-electron chi connectivity index (χ4n) is 1.44. The fraction of sp³-hybridized carbons (Fsp3) is 0.500. The number of carbonyl (C=O) groups excluding carboxylic acids is 1. The molecule has 0 aliphatic carbocycles. The van der Waals surface area contributed by atoms with Gasteiger partial charge in [0.05, 0.1) is 7.11 Å². The van der Waals surface area contributed by atoms with E-state index in [1.807, 2.05) is 31.4 Å². The number of thioether (sulfide) groups is 1. The Labute approximate surface area is 119 Å². The van der Waals surface area contributed by atoms with Crippen LogP contribution in [0.1, 0.15) is 19.4 Å². The maximum absolute atomic E-state index is 11.8. The van der Waals surface area contributed by atoms with Gasteiger partial charge >= 0.3 is 6.03 Å². The van der Waals surface area contributed by atoms with Crippen LogP contribution in [0.3, 0.4) is 0 Å². The van der Waals surface area contributed by atoms with Gasteiger partial charge in [-0.3, -0.25) is 0 Å². The molecule has 0 saturated heterocycles. The quantitative estimate of drug-likeness (QED) is 0.871. The Morgan fingerprint density at radius 1 is 1.42 bits per heavy atom. The SMILES string of the molecule is COc1ccc(NC(=O)NCC(C)(C)SC)c(C)c1. The van der Waals surface area contributed by atoms with Crippen LogP contribution < -0.4 is 15.4 Å². The molecule has 0 aromatic heterocycles. The van der Waals surface area contributed by atoms with Gasteiger partial charge < -0.3 is 15.4 Å². The van der Waals surface area contributed by atoms with Crippen molar-refractivity contribution in [3.05, 3.63) is 23.8 Å². The lowest BCUT2D eigenvalue weighted by molar-refractivity contribution is 0.251. The highest BCUT2D eigenvalue weighted by Gasteiger charge is 2.17. The van der Waals surface area contributed by atoms with E-state index in [1.54, 1.807) is 18.9 Å². The zero-order chi connectivity index (χ0) is 14.5. The minimum atomic E-state index is -0.185. The van der Waals surface area contributed by atoms with Gasteiger partial charge in [-0.15, -0.1) is 0 Å². The number of ether oxygens (including phenoxy) is 1. The van der Waals surface area contributed by atoms with E-state index < -0.39 is 0 Å². The molecule has 1 aromatic rings. The molecule has 0 spiro atoms. The summed E-state index contributed by atoms with van der Waals surface area (Å²) in [5.74, 6) is 0.784. The maximum atomic E-state index is 11.8. The van der Waals surface area contributed by atoms with Crippen LogP contribution >= 0.6 is 11.8 Å². The third kappa shape index (κ3) is 5.03. The van der Waals surface area contributed by atoms with Crippen molar-refractivity contribution >= 4 is 23.5 Å². The van der Waals surface area contributed by atoms with Gasteiger partial charge in [0.25, 0.3) is 0 Å². The monoisotopic (exact) mass is 282 g/mol. The number of carbonyl (C=O) groups is 1. The van der Waals surface area contributed by atoms with Crippen molar-refractivity contribution in [2.75, 3.05) is 25.2 Å². The Balaban J connectivity index is 2.58. The Kier molecular flexibility index (Phi) is 5.54. The summed E-state index contributed by atoms with van der Waals surface area (Å²) in [5, 5.41) is 5.72. The van der Waals surface area contributed by atoms with Gasteiger partial charge in [-0.25, -0.2) is 4.79 Å². The molecular formula is C14H22N2O2S. The predicted molar refractivity (Wildman–Crippen MR) is 82.3 cm³/mol. The number of hydrogen-bond donors (Lipinski definition) is 2. The molecule has 19 heavy (non-hydrogen) atoms. The van der Waals surface area contributed by atoms with Crippen LogP contribution in [0.5, 0.6) is 5.75 Å². The summed E-state index contributed by atoms with van der Waals surface area (Å²) in [7, 11) is 1.62. The number of rotatable bonds is 5. The third-order valence-corrected chi connectivity index (χ3v) is 4.16. The largest absolute Gasteiger partial charge is 0.497 e. The molecule has 1 rings (SSSR count). The molecule has 0 aliphatic rings. The zero-order valence-corrected chi connectivity index (χ0v) is 13.0. The van der Waals surface area contributed by atoms with Crippen LogP contribution in [0, 0.1) is 6.92 Å². The van der Waals surface area contributed by atoms with Gasteiger partial charge in [-0.2, -0.15) is 11.8 Å². The molecular weight excluding hydrogens is 260 g/mol. The topological polar surface area (TPSA) is 50.4 Å². The van der Waals surface area contributed by atoms with Crippen molar-refractivity contribution in [1.82, 2.24) is 5.32 Å². The molecule has 2 amide bonds. The lowest BCUT2D eigenvalue weighted by Crippen LogP contribution is -2.38. The van der Waals surface area contributed by atoms with Crippen molar-refractivity contribution < 1.29 is 9.53 Å². The highest BCUT2D eigenvalue weighted by molar-refractivity contribution is 7.99. The first-order chi connectivity index (χ1) is 8.88. The number of benzene rings is 1. The number of methoxy groups -OCH3 is 1. The molecule has 106 valence electrons. The van der Waals surface area contributed by atoms with Crippen LogP contribution in [-0.2, 0) is 0 Å². The Bertz CT molecular complexity index is 447. The van der Waals surface area contributed by atoms with Crippen molar-refractivity contribution in [1.29, 1.82) is 0 Å². The number of urea groups is 1. The van der Waals surface area contributed by atoms with Crippen molar-refractivity contribution in [3.63, 3.8) is 0 Å². The summed E-state index contributed by atoms with van der Waals surface area (Å²) >= 11 is 1.72. The van der Waals surface area contributed by atoms with Gasteiger partial charge in [0.1, 0.15) is 5.75 Å². The number of aryl methyl sites for hydroxylation is 1. The molecule has 5 heteroatoms. The van der Waals surface area contributed by atoms with Crippen LogP contribution in [0.2, 0.25) is 0 Å². The number of hydrogen-bond acceptors (Lipinski definition) is 3. The van der Waals surface area contributed by atoms with E-state index in [-0.39, 0.29) is 10.8 Å². The number of anilines is 1. The molecule has 0 bridgehead atoms. The van der Waals surface area contributed by atoms with Gasteiger partial charge in [0, 0.05) is 17.0 Å². The summed E-state index contributed by atoms with van der Waals surface area (Å²) in [6.07, 6.45) is 2.03. The lowest BCUT2D eigenvalue weighted by Gasteiger charge is -2.22. The first-order valence-corrected chi connectivity index (χ1v) is 7.35.